The quantitative estimate of drug-likeness (QED) is 0.614. The highest BCUT2D eigenvalue weighted by atomic mass is 16.3. The summed E-state index contributed by atoms with van der Waals surface area (Å²) in [7, 11) is 0. The van der Waals surface area contributed by atoms with Crippen molar-refractivity contribution < 1.29 is 5.11 Å². The molecule has 2 heteroatoms. The fourth-order valence-corrected chi connectivity index (χ4v) is 0.850. The van der Waals surface area contributed by atoms with Crippen LogP contribution in [0.1, 0.15) is 33.6 Å². The lowest BCUT2D eigenvalue weighted by molar-refractivity contribution is 0.234. The van der Waals surface area contributed by atoms with Gasteiger partial charge < -0.3 is 10.4 Å². The molecule has 2 N–H and O–H groups in total. The van der Waals surface area contributed by atoms with Gasteiger partial charge in [-0.1, -0.05) is 27.2 Å². The number of hydrogen-bond acceptors (Lipinski definition) is 2. The molecule has 0 aliphatic heterocycles. The van der Waals surface area contributed by atoms with Crippen molar-refractivity contribution in [1.82, 2.24) is 5.32 Å². The number of rotatable bonds is 6. The fraction of sp³-hybridized carbons (Fsp3) is 1.00. The van der Waals surface area contributed by atoms with Gasteiger partial charge in [0, 0.05) is 6.04 Å². The minimum absolute atomic E-state index is 0.257. The summed E-state index contributed by atoms with van der Waals surface area (Å²) in [4.78, 5) is 0. The van der Waals surface area contributed by atoms with Crippen LogP contribution in [0.2, 0.25) is 0 Å². The molecule has 11 heavy (non-hydrogen) atoms. The van der Waals surface area contributed by atoms with Crippen molar-refractivity contribution in [3.63, 3.8) is 0 Å². The van der Waals surface area contributed by atoms with E-state index in [1.165, 1.54) is 6.42 Å². The Bertz CT molecular complexity index is 81.6. The third-order valence-corrected chi connectivity index (χ3v) is 2.17. The van der Waals surface area contributed by atoms with Crippen LogP contribution in [-0.2, 0) is 0 Å². The first-order chi connectivity index (χ1) is 5.24. The Morgan fingerprint density at radius 1 is 1.27 bits per heavy atom. The molecule has 0 amide bonds. The molecule has 0 spiro atoms. The largest absolute Gasteiger partial charge is 0.395 e. The van der Waals surface area contributed by atoms with Gasteiger partial charge in [0.1, 0.15) is 0 Å². The molecule has 2 atom stereocenters. The van der Waals surface area contributed by atoms with Gasteiger partial charge in [-0.3, -0.25) is 0 Å². The second-order valence-electron chi connectivity index (χ2n) is 3.21. The fourth-order valence-electron chi connectivity index (χ4n) is 0.850. The Morgan fingerprint density at radius 2 is 1.91 bits per heavy atom. The van der Waals surface area contributed by atoms with Crippen molar-refractivity contribution in [2.45, 2.75) is 39.7 Å². The predicted octanol–water partition coefficient (Wildman–Crippen LogP) is 1.39. The van der Waals surface area contributed by atoms with Crippen molar-refractivity contribution in [3.05, 3.63) is 0 Å². The molecule has 0 heterocycles. The van der Waals surface area contributed by atoms with E-state index in [2.05, 4.69) is 26.1 Å². The maximum atomic E-state index is 8.85. The molecule has 0 aliphatic carbocycles. The molecule has 0 aromatic carbocycles. The molecule has 1 unspecified atom stereocenters. The summed E-state index contributed by atoms with van der Waals surface area (Å²) in [5.74, 6) is 0.718. The summed E-state index contributed by atoms with van der Waals surface area (Å²) < 4.78 is 0. The lowest BCUT2D eigenvalue weighted by atomic mass is 10.1. The number of aliphatic hydroxyl groups is 1. The Balaban J connectivity index is 3.34. The zero-order chi connectivity index (χ0) is 8.69. The highest BCUT2D eigenvalue weighted by Gasteiger charge is 2.04. The lowest BCUT2D eigenvalue weighted by Gasteiger charge is -2.16. The third kappa shape index (κ3) is 5.22. The van der Waals surface area contributed by atoms with Crippen LogP contribution in [0, 0.1) is 5.92 Å². The molecule has 0 aromatic heterocycles. The van der Waals surface area contributed by atoms with Gasteiger partial charge in [-0.2, -0.15) is 0 Å². The van der Waals surface area contributed by atoms with E-state index in [1.807, 2.05) is 0 Å². The van der Waals surface area contributed by atoms with Crippen LogP contribution in [0.3, 0.4) is 0 Å². The van der Waals surface area contributed by atoms with Crippen LogP contribution < -0.4 is 5.32 Å². The van der Waals surface area contributed by atoms with Gasteiger partial charge in [0.05, 0.1) is 6.61 Å². The standard InChI is InChI=1S/C9H21NO/c1-4-8(3)6-10-9(5-2)7-11/h8-11H,4-7H2,1-3H3/t8?,9-/m0/s1. The van der Waals surface area contributed by atoms with Crippen molar-refractivity contribution in [3.8, 4) is 0 Å². The molecule has 0 fully saturated rings. The molecule has 68 valence electrons. The predicted molar refractivity (Wildman–Crippen MR) is 48.6 cm³/mol. The van der Waals surface area contributed by atoms with Crippen LogP contribution in [0.25, 0.3) is 0 Å². The summed E-state index contributed by atoms with van der Waals surface area (Å²) in [6.07, 6.45) is 2.21. The second-order valence-corrected chi connectivity index (χ2v) is 3.21. The highest BCUT2D eigenvalue weighted by molar-refractivity contribution is 4.64. The van der Waals surface area contributed by atoms with Crippen LogP contribution >= 0.6 is 0 Å². The van der Waals surface area contributed by atoms with Gasteiger partial charge in [0.2, 0.25) is 0 Å². The third-order valence-electron chi connectivity index (χ3n) is 2.17. The SMILES string of the molecule is CCC(C)CN[C@@H](CC)CO. The molecule has 0 bridgehead atoms. The van der Waals surface area contributed by atoms with E-state index in [0.29, 0.717) is 6.04 Å². The van der Waals surface area contributed by atoms with E-state index in [-0.39, 0.29) is 6.61 Å². The summed E-state index contributed by atoms with van der Waals surface area (Å²) in [6, 6.07) is 0.295. The second kappa shape index (κ2) is 6.62. The number of nitrogens with one attached hydrogen (secondary N) is 1. The number of aliphatic hydroxyl groups excluding tert-OH is 1. The van der Waals surface area contributed by atoms with Gasteiger partial charge >= 0.3 is 0 Å². The maximum Gasteiger partial charge on any atom is 0.0584 e. The van der Waals surface area contributed by atoms with Gasteiger partial charge in [0.15, 0.2) is 0 Å². The molecule has 0 saturated carbocycles. The van der Waals surface area contributed by atoms with Crippen LogP contribution in [-0.4, -0.2) is 24.3 Å². The van der Waals surface area contributed by atoms with Gasteiger partial charge in [0.25, 0.3) is 0 Å². The molecular weight excluding hydrogens is 138 g/mol. The van der Waals surface area contributed by atoms with Crippen LogP contribution in [0.5, 0.6) is 0 Å². The minimum Gasteiger partial charge on any atom is -0.395 e. The molecule has 0 aromatic rings. The van der Waals surface area contributed by atoms with E-state index in [4.69, 9.17) is 5.11 Å². The zero-order valence-electron chi connectivity index (χ0n) is 7.93. The first-order valence-corrected chi connectivity index (χ1v) is 4.58. The highest BCUT2D eigenvalue weighted by Crippen LogP contribution is 1.99. The average Bonchev–Trinajstić information content (AvgIpc) is 2.06. The van der Waals surface area contributed by atoms with E-state index in [9.17, 15) is 0 Å². The van der Waals surface area contributed by atoms with Crippen molar-refractivity contribution in [2.24, 2.45) is 5.92 Å². The summed E-state index contributed by atoms with van der Waals surface area (Å²) in [6.45, 7) is 7.77. The Labute approximate surface area is 70.0 Å². The topological polar surface area (TPSA) is 32.3 Å². The van der Waals surface area contributed by atoms with Gasteiger partial charge in [-0.15, -0.1) is 0 Å². The Hall–Kier alpha value is -0.0800. The smallest absolute Gasteiger partial charge is 0.0584 e. The molecule has 0 radical (unpaired) electrons. The molecular formula is C9H21NO. The summed E-state index contributed by atoms with van der Waals surface area (Å²) in [5.41, 5.74) is 0. The van der Waals surface area contributed by atoms with Crippen LogP contribution in [0.15, 0.2) is 0 Å². The van der Waals surface area contributed by atoms with E-state index < -0.39 is 0 Å². The van der Waals surface area contributed by atoms with Crippen molar-refractivity contribution in [2.75, 3.05) is 13.2 Å². The molecule has 0 rings (SSSR count). The van der Waals surface area contributed by atoms with E-state index >= 15 is 0 Å². The van der Waals surface area contributed by atoms with Gasteiger partial charge in [-0.25, -0.2) is 0 Å². The maximum absolute atomic E-state index is 8.85. The average molecular weight is 159 g/mol. The minimum atomic E-state index is 0.257. The lowest BCUT2D eigenvalue weighted by Crippen LogP contribution is -2.34. The van der Waals surface area contributed by atoms with Crippen LogP contribution in [0.4, 0.5) is 0 Å². The first-order valence-electron chi connectivity index (χ1n) is 4.58. The van der Waals surface area contributed by atoms with Crippen molar-refractivity contribution >= 4 is 0 Å². The molecule has 0 aliphatic rings. The first kappa shape index (κ1) is 10.9. The Kier molecular flexibility index (Phi) is 6.57. The summed E-state index contributed by atoms with van der Waals surface area (Å²) >= 11 is 0. The normalized spacial score (nSPS) is 16.4. The monoisotopic (exact) mass is 159 g/mol. The van der Waals surface area contributed by atoms with Gasteiger partial charge in [-0.05, 0) is 18.9 Å². The molecule has 0 saturated heterocycles. The number of hydrogen-bond donors (Lipinski definition) is 2. The van der Waals surface area contributed by atoms with E-state index in [0.717, 1.165) is 18.9 Å². The molecule has 2 nitrogen and oxygen atoms in total. The Morgan fingerprint density at radius 3 is 2.27 bits per heavy atom. The summed E-state index contributed by atoms with van der Waals surface area (Å²) in [5, 5.41) is 12.2. The van der Waals surface area contributed by atoms with Crippen molar-refractivity contribution in [1.29, 1.82) is 0 Å². The zero-order valence-corrected chi connectivity index (χ0v) is 7.93. The van der Waals surface area contributed by atoms with E-state index in [1.54, 1.807) is 0 Å².